The molecule has 0 radical (unpaired) electrons. The number of ether oxygens (including phenoxy) is 1. The summed E-state index contributed by atoms with van der Waals surface area (Å²) < 4.78 is 10.4. The Morgan fingerprint density at radius 1 is 1.35 bits per heavy atom. The topological polar surface area (TPSA) is 83.2 Å². The molecule has 1 aromatic heterocycles. The minimum absolute atomic E-state index is 0.130. The van der Waals surface area contributed by atoms with Crippen LogP contribution in [-0.4, -0.2) is 60.2 Å². The van der Waals surface area contributed by atoms with E-state index in [4.69, 9.17) is 9.15 Å². The predicted molar refractivity (Wildman–Crippen MR) is 94.2 cm³/mol. The van der Waals surface area contributed by atoms with Crippen LogP contribution in [0, 0.1) is 11.3 Å². The summed E-state index contributed by atoms with van der Waals surface area (Å²) >= 11 is 0. The van der Waals surface area contributed by atoms with Gasteiger partial charge in [-0.25, -0.2) is 0 Å². The first-order valence-electron chi connectivity index (χ1n) is 9.37. The standard InChI is InChI=1S/C19H26N2O5/c1-25-17-10-26-15(6-16(17)22)9-20-7-13-8-21(14-4-2-3-5-14)12-19(13,11-20)18(23)24/h6,10,13-14H,2-5,7-9,11-12H2,1H3,(H,23,24)/t13-,19-/m0/s1. The summed E-state index contributed by atoms with van der Waals surface area (Å²) in [7, 11) is 1.43. The van der Waals surface area contributed by atoms with Crippen molar-refractivity contribution in [2.45, 2.75) is 38.3 Å². The molecule has 1 aromatic rings. The lowest BCUT2D eigenvalue weighted by molar-refractivity contribution is -0.149. The molecular weight excluding hydrogens is 336 g/mol. The van der Waals surface area contributed by atoms with Gasteiger partial charge in [-0.2, -0.15) is 0 Å². The van der Waals surface area contributed by atoms with Crippen molar-refractivity contribution in [1.29, 1.82) is 0 Å². The second-order valence-corrected chi connectivity index (χ2v) is 7.97. The van der Waals surface area contributed by atoms with Gasteiger partial charge in [-0.15, -0.1) is 0 Å². The number of fused-ring (bicyclic) bond motifs is 1. The average Bonchev–Trinajstić information content (AvgIpc) is 3.29. The van der Waals surface area contributed by atoms with Crippen LogP contribution < -0.4 is 10.2 Å². The Morgan fingerprint density at radius 3 is 2.73 bits per heavy atom. The van der Waals surface area contributed by atoms with E-state index in [1.807, 2.05) is 0 Å². The van der Waals surface area contributed by atoms with Crippen molar-refractivity contribution in [3.63, 3.8) is 0 Å². The van der Waals surface area contributed by atoms with Gasteiger partial charge in [-0.1, -0.05) is 12.8 Å². The summed E-state index contributed by atoms with van der Waals surface area (Å²) in [6, 6.07) is 2.00. The highest BCUT2D eigenvalue weighted by molar-refractivity contribution is 5.77. The molecule has 0 unspecified atom stereocenters. The fourth-order valence-electron chi connectivity index (χ4n) is 5.07. The van der Waals surface area contributed by atoms with E-state index in [0.717, 1.165) is 13.1 Å². The van der Waals surface area contributed by atoms with Gasteiger partial charge in [0.1, 0.15) is 12.0 Å². The summed E-state index contributed by atoms with van der Waals surface area (Å²) in [5.41, 5.74) is -0.913. The molecule has 0 amide bonds. The Labute approximate surface area is 152 Å². The van der Waals surface area contributed by atoms with E-state index < -0.39 is 11.4 Å². The van der Waals surface area contributed by atoms with Crippen molar-refractivity contribution in [3.8, 4) is 5.75 Å². The van der Waals surface area contributed by atoms with Crippen LogP contribution in [-0.2, 0) is 11.3 Å². The molecule has 1 aliphatic carbocycles. The zero-order chi connectivity index (χ0) is 18.3. The normalized spacial score (nSPS) is 30.0. The van der Waals surface area contributed by atoms with E-state index in [2.05, 4.69) is 9.80 Å². The van der Waals surface area contributed by atoms with Crippen molar-refractivity contribution in [2.75, 3.05) is 33.3 Å². The Morgan fingerprint density at radius 2 is 2.12 bits per heavy atom. The van der Waals surface area contributed by atoms with Crippen LogP contribution in [0.3, 0.4) is 0 Å². The van der Waals surface area contributed by atoms with E-state index in [-0.39, 0.29) is 17.1 Å². The molecule has 142 valence electrons. The Hall–Kier alpha value is -1.86. The van der Waals surface area contributed by atoms with Crippen molar-refractivity contribution in [2.24, 2.45) is 11.3 Å². The summed E-state index contributed by atoms with van der Waals surface area (Å²) in [5, 5.41) is 9.99. The SMILES string of the molecule is COc1coc(CN2C[C@H]3CN(C4CCCC4)C[C@@]3(C(=O)O)C2)cc1=O. The quantitative estimate of drug-likeness (QED) is 0.848. The van der Waals surface area contributed by atoms with Gasteiger partial charge in [-0.3, -0.25) is 19.4 Å². The maximum Gasteiger partial charge on any atom is 0.312 e. The Kier molecular flexibility index (Phi) is 4.52. The average molecular weight is 362 g/mol. The van der Waals surface area contributed by atoms with Gasteiger partial charge in [0, 0.05) is 44.2 Å². The molecule has 7 nitrogen and oxygen atoms in total. The van der Waals surface area contributed by atoms with Crippen molar-refractivity contribution >= 4 is 5.97 Å². The molecule has 1 saturated carbocycles. The number of aliphatic carboxylic acids is 1. The number of hydrogen-bond donors (Lipinski definition) is 1. The minimum Gasteiger partial charge on any atom is -0.490 e. The molecule has 7 heteroatoms. The second-order valence-electron chi connectivity index (χ2n) is 7.97. The summed E-state index contributed by atoms with van der Waals surface area (Å²) in [6.07, 6.45) is 6.23. The molecule has 4 rings (SSSR count). The highest BCUT2D eigenvalue weighted by Crippen LogP contribution is 2.45. The number of carboxylic acid groups (broad SMARTS) is 1. The van der Waals surface area contributed by atoms with Gasteiger partial charge in [0.15, 0.2) is 0 Å². The van der Waals surface area contributed by atoms with E-state index in [9.17, 15) is 14.7 Å². The first-order valence-corrected chi connectivity index (χ1v) is 9.37. The number of nitrogens with zero attached hydrogens (tertiary/aromatic N) is 2. The van der Waals surface area contributed by atoms with Gasteiger partial charge in [0.25, 0.3) is 0 Å². The summed E-state index contributed by atoms with van der Waals surface area (Å²) in [5.74, 6) is 0.164. The Balaban J connectivity index is 1.47. The third-order valence-electron chi connectivity index (χ3n) is 6.42. The molecule has 1 N–H and O–H groups in total. The predicted octanol–water partition coefficient (Wildman–Crippen LogP) is 1.41. The number of rotatable bonds is 5. The lowest BCUT2D eigenvalue weighted by Gasteiger charge is -2.28. The maximum absolute atomic E-state index is 12.2. The largest absolute Gasteiger partial charge is 0.490 e. The first kappa shape index (κ1) is 17.5. The smallest absolute Gasteiger partial charge is 0.312 e. The summed E-state index contributed by atoms with van der Waals surface area (Å²) in [4.78, 5) is 28.6. The number of hydrogen-bond acceptors (Lipinski definition) is 6. The van der Waals surface area contributed by atoms with Crippen molar-refractivity contribution in [1.82, 2.24) is 9.80 Å². The molecule has 3 heterocycles. The van der Waals surface area contributed by atoms with Crippen LogP contribution in [0.4, 0.5) is 0 Å². The number of likely N-dealkylation sites (tertiary alicyclic amines) is 2. The second kappa shape index (κ2) is 6.70. The van der Waals surface area contributed by atoms with Gasteiger partial charge in [-0.05, 0) is 12.8 Å². The number of carbonyl (C=O) groups is 1. The van der Waals surface area contributed by atoms with Crippen LogP contribution in [0.5, 0.6) is 5.75 Å². The van der Waals surface area contributed by atoms with E-state index >= 15 is 0 Å². The number of carboxylic acids is 1. The molecule has 2 aliphatic heterocycles. The number of methoxy groups -OCH3 is 1. The van der Waals surface area contributed by atoms with E-state index in [0.29, 0.717) is 31.4 Å². The third-order valence-corrected chi connectivity index (χ3v) is 6.42. The van der Waals surface area contributed by atoms with Crippen LogP contribution in [0.15, 0.2) is 21.5 Å². The summed E-state index contributed by atoms with van der Waals surface area (Å²) in [6.45, 7) is 3.19. The van der Waals surface area contributed by atoms with Crippen LogP contribution in [0.1, 0.15) is 31.4 Å². The lowest BCUT2D eigenvalue weighted by atomic mass is 9.81. The molecule has 0 spiro atoms. The molecule has 2 atom stereocenters. The molecule has 26 heavy (non-hydrogen) atoms. The molecular formula is C19H26N2O5. The lowest BCUT2D eigenvalue weighted by Crippen LogP contribution is -2.42. The van der Waals surface area contributed by atoms with Gasteiger partial charge in [0.2, 0.25) is 11.2 Å². The fourth-order valence-corrected chi connectivity index (χ4v) is 5.07. The Bertz CT molecular complexity index is 742. The van der Waals surface area contributed by atoms with E-state index in [1.165, 1.54) is 45.1 Å². The molecule has 3 fully saturated rings. The van der Waals surface area contributed by atoms with E-state index in [1.54, 1.807) is 0 Å². The highest BCUT2D eigenvalue weighted by atomic mass is 16.5. The zero-order valence-electron chi connectivity index (χ0n) is 15.1. The zero-order valence-corrected chi connectivity index (χ0v) is 15.1. The fraction of sp³-hybridized carbons (Fsp3) is 0.684. The van der Waals surface area contributed by atoms with Gasteiger partial charge >= 0.3 is 5.97 Å². The van der Waals surface area contributed by atoms with Crippen LogP contribution >= 0.6 is 0 Å². The third kappa shape index (κ3) is 2.93. The molecule has 0 aromatic carbocycles. The maximum atomic E-state index is 12.2. The van der Waals surface area contributed by atoms with Crippen molar-refractivity contribution < 1.29 is 19.1 Å². The molecule has 2 saturated heterocycles. The minimum atomic E-state index is -0.699. The molecule has 0 bridgehead atoms. The van der Waals surface area contributed by atoms with Crippen molar-refractivity contribution in [3.05, 3.63) is 28.3 Å². The van der Waals surface area contributed by atoms with Crippen LogP contribution in [0.25, 0.3) is 0 Å². The molecule has 3 aliphatic rings. The highest BCUT2D eigenvalue weighted by Gasteiger charge is 2.58. The van der Waals surface area contributed by atoms with Crippen LogP contribution in [0.2, 0.25) is 0 Å². The van der Waals surface area contributed by atoms with Gasteiger partial charge < -0.3 is 14.3 Å². The van der Waals surface area contributed by atoms with Gasteiger partial charge in [0.05, 0.1) is 19.1 Å². The first-order chi connectivity index (χ1) is 12.5. The monoisotopic (exact) mass is 362 g/mol.